The summed E-state index contributed by atoms with van der Waals surface area (Å²) in [5.74, 6) is 0.0397. The largest absolute Gasteiger partial charge is 0.301 e. The van der Waals surface area contributed by atoms with Crippen molar-refractivity contribution < 1.29 is 4.79 Å². The van der Waals surface area contributed by atoms with Gasteiger partial charge in [-0.25, -0.2) is 9.97 Å². The molecule has 0 bridgehead atoms. The molecular formula is C13H14N4O2S2. The van der Waals surface area contributed by atoms with Crippen molar-refractivity contribution in [1.82, 2.24) is 15.0 Å². The fourth-order valence-electron chi connectivity index (χ4n) is 2.19. The molecule has 6 nitrogen and oxygen atoms in total. The van der Waals surface area contributed by atoms with Gasteiger partial charge in [-0.2, -0.15) is 0 Å². The van der Waals surface area contributed by atoms with Gasteiger partial charge < -0.3 is 10.3 Å². The number of H-pyrrole nitrogens is 1. The van der Waals surface area contributed by atoms with Gasteiger partial charge in [0.15, 0.2) is 10.3 Å². The summed E-state index contributed by atoms with van der Waals surface area (Å²) in [5, 5.41) is 5.70. The Morgan fingerprint density at radius 2 is 2.33 bits per heavy atom. The Morgan fingerprint density at radius 1 is 1.48 bits per heavy atom. The lowest BCUT2D eigenvalue weighted by Gasteiger charge is -2.03. The third-order valence-electron chi connectivity index (χ3n) is 3.13. The van der Waals surface area contributed by atoms with Gasteiger partial charge in [-0.1, -0.05) is 11.8 Å². The van der Waals surface area contributed by atoms with Crippen molar-refractivity contribution in [3.05, 3.63) is 32.7 Å². The Balaban J connectivity index is 1.61. The summed E-state index contributed by atoms with van der Waals surface area (Å²) < 4.78 is 0. The molecule has 21 heavy (non-hydrogen) atoms. The molecule has 0 atom stereocenters. The van der Waals surface area contributed by atoms with Gasteiger partial charge in [-0.05, 0) is 26.2 Å². The summed E-state index contributed by atoms with van der Waals surface area (Å²) >= 11 is 2.63. The van der Waals surface area contributed by atoms with Crippen LogP contribution in [0.15, 0.2) is 15.3 Å². The van der Waals surface area contributed by atoms with Crippen LogP contribution in [-0.4, -0.2) is 26.6 Å². The van der Waals surface area contributed by atoms with Crippen LogP contribution in [0.2, 0.25) is 0 Å². The average molecular weight is 322 g/mol. The number of amides is 1. The maximum absolute atomic E-state index is 11.9. The molecule has 0 aliphatic heterocycles. The molecule has 8 heteroatoms. The Kier molecular flexibility index (Phi) is 4.07. The first kappa shape index (κ1) is 14.3. The molecule has 1 aliphatic carbocycles. The maximum Gasteiger partial charge on any atom is 0.254 e. The highest BCUT2D eigenvalue weighted by Gasteiger charge is 2.17. The first-order valence-electron chi connectivity index (χ1n) is 6.58. The summed E-state index contributed by atoms with van der Waals surface area (Å²) in [6, 6.07) is 0. The number of hydrogen-bond donors (Lipinski definition) is 2. The number of anilines is 1. The molecule has 0 radical (unpaired) electrons. The molecule has 0 fully saturated rings. The van der Waals surface area contributed by atoms with Crippen LogP contribution in [0.1, 0.15) is 23.4 Å². The number of aryl methyl sites for hydroxylation is 2. The van der Waals surface area contributed by atoms with Gasteiger partial charge in [0, 0.05) is 10.9 Å². The molecule has 0 saturated carbocycles. The van der Waals surface area contributed by atoms with E-state index in [4.69, 9.17) is 0 Å². The highest BCUT2D eigenvalue weighted by Crippen LogP contribution is 2.20. The molecular weight excluding hydrogens is 308 g/mol. The minimum atomic E-state index is -0.155. The number of hydrogen-bond acceptors (Lipinski definition) is 6. The van der Waals surface area contributed by atoms with Crippen LogP contribution < -0.4 is 10.9 Å². The van der Waals surface area contributed by atoms with E-state index in [1.54, 1.807) is 0 Å². The van der Waals surface area contributed by atoms with Gasteiger partial charge in [0.1, 0.15) is 0 Å². The van der Waals surface area contributed by atoms with Crippen LogP contribution in [0.25, 0.3) is 0 Å². The molecule has 0 aromatic carbocycles. The molecule has 3 rings (SSSR count). The van der Waals surface area contributed by atoms with E-state index in [9.17, 15) is 9.59 Å². The van der Waals surface area contributed by atoms with Crippen LogP contribution >= 0.6 is 23.1 Å². The SMILES string of the molecule is Cc1csc(NC(=O)CSc2nc3c(c(=O)[nH]2)CCC3)n1. The minimum absolute atomic E-state index is 0.0732. The smallest absolute Gasteiger partial charge is 0.254 e. The van der Waals surface area contributed by atoms with Crippen LogP contribution in [-0.2, 0) is 17.6 Å². The number of nitrogens with zero attached hydrogens (tertiary/aromatic N) is 2. The Morgan fingerprint density at radius 3 is 3.10 bits per heavy atom. The second-order valence-electron chi connectivity index (χ2n) is 4.78. The third kappa shape index (κ3) is 3.33. The van der Waals surface area contributed by atoms with E-state index in [0.29, 0.717) is 10.3 Å². The highest BCUT2D eigenvalue weighted by molar-refractivity contribution is 7.99. The topological polar surface area (TPSA) is 87.7 Å². The Hall–Kier alpha value is -1.67. The molecule has 2 aromatic rings. The van der Waals surface area contributed by atoms with Crippen molar-refractivity contribution >= 4 is 34.1 Å². The number of thioether (sulfide) groups is 1. The zero-order valence-electron chi connectivity index (χ0n) is 11.4. The maximum atomic E-state index is 11.9. The van der Waals surface area contributed by atoms with E-state index in [1.165, 1.54) is 23.1 Å². The quantitative estimate of drug-likeness (QED) is 0.661. The summed E-state index contributed by atoms with van der Waals surface area (Å²) in [6.07, 6.45) is 2.62. The van der Waals surface area contributed by atoms with Crippen LogP contribution in [0.5, 0.6) is 0 Å². The Bertz CT molecular complexity index is 738. The summed E-state index contributed by atoms with van der Waals surface area (Å²) in [4.78, 5) is 35.0. The van der Waals surface area contributed by atoms with E-state index < -0.39 is 0 Å². The van der Waals surface area contributed by atoms with Gasteiger partial charge in [0.25, 0.3) is 5.56 Å². The van der Waals surface area contributed by atoms with E-state index in [1.807, 2.05) is 12.3 Å². The van der Waals surface area contributed by atoms with Crippen LogP contribution in [0.4, 0.5) is 5.13 Å². The zero-order valence-corrected chi connectivity index (χ0v) is 13.1. The predicted octanol–water partition coefficient (Wildman–Crippen LogP) is 1.75. The monoisotopic (exact) mass is 322 g/mol. The molecule has 2 heterocycles. The molecule has 0 saturated heterocycles. The normalized spacial score (nSPS) is 13.2. The van der Waals surface area contributed by atoms with Crippen LogP contribution in [0, 0.1) is 6.92 Å². The van der Waals surface area contributed by atoms with Crippen molar-refractivity contribution in [2.75, 3.05) is 11.1 Å². The number of nitrogens with one attached hydrogen (secondary N) is 2. The highest BCUT2D eigenvalue weighted by atomic mass is 32.2. The lowest BCUT2D eigenvalue weighted by atomic mass is 10.3. The van der Waals surface area contributed by atoms with E-state index in [-0.39, 0.29) is 17.2 Å². The predicted molar refractivity (Wildman–Crippen MR) is 83.1 cm³/mol. The fraction of sp³-hybridized carbons (Fsp3) is 0.385. The van der Waals surface area contributed by atoms with Gasteiger partial charge in [0.2, 0.25) is 5.91 Å². The van der Waals surface area contributed by atoms with Crippen molar-refractivity contribution in [3.8, 4) is 0 Å². The number of rotatable bonds is 4. The molecule has 0 spiro atoms. The average Bonchev–Trinajstić information content (AvgIpc) is 3.06. The van der Waals surface area contributed by atoms with Crippen molar-refractivity contribution in [3.63, 3.8) is 0 Å². The molecule has 1 amide bonds. The number of fused-ring (bicyclic) bond motifs is 1. The Labute approximate surface area is 129 Å². The fourth-order valence-corrected chi connectivity index (χ4v) is 3.57. The van der Waals surface area contributed by atoms with E-state index in [0.717, 1.165) is 36.2 Å². The number of carbonyl (C=O) groups is 1. The number of aromatic nitrogens is 3. The standard InChI is InChI=1S/C13H14N4O2S2/c1-7-5-20-12(14-7)16-10(18)6-21-13-15-9-4-2-3-8(9)11(19)17-13/h5H,2-4,6H2,1H3,(H,14,16,18)(H,15,17,19). The first-order chi connectivity index (χ1) is 10.1. The lowest BCUT2D eigenvalue weighted by Crippen LogP contribution is -2.17. The van der Waals surface area contributed by atoms with Gasteiger partial charge in [-0.3, -0.25) is 9.59 Å². The number of thiazole rings is 1. The zero-order chi connectivity index (χ0) is 14.8. The lowest BCUT2D eigenvalue weighted by molar-refractivity contribution is -0.113. The summed E-state index contributed by atoms with van der Waals surface area (Å²) in [6.45, 7) is 1.88. The molecule has 2 N–H and O–H groups in total. The van der Waals surface area contributed by atoms with Crippen molar-refractivity contribution in [1.29, 1.82) is 0 Å². The summed E-state index contributed by atoms with van der Waals surface area (Å²) in [7, 11) is 0. The van der Waals surface area contributed by atoms with Gasteiger partial charge in [0.05, 0.1) is 17.1 Å². The summed E-state index contributed by atoms with van der Waals surface area (Å²) in [5.41, 5.74) is 2.47. The van der Waals surface area contributed by atoms with E-state index in [2.05, 4.69) is 20.3 Å². The van der Waals surface area contributed by atoms with Crippen LogP contribution in [0.3, 0.4) is 0 Å². The third-order valence-corrected chi connectivity index (χ3v) is 4.87. The van der Waals surface area contributed by atoms with Crippen molar-refractivity contribution in [2.45, 2.75) is 31.3 Å². The number of aromatic amines is 1. The van der Waals surface area contributed by atoms with Crippen molar-refractivity contribution in [2.24, 2.45) is 0 Å². The van der Waals surface area contributed by atoms with Gasteiger partial charge in [-0.15, -0.1) is 11.3 Å². The van der Waals surface area contributed by atoms with Gasteiger partial charge >= 0.3 is 0 Å². The molecule has 1 aliphatic rings. The first-order valence-corrected chi connectivity index (χ1v) is 8.45. The minimum Gasteiger partial charge on any atom is -0.301 e. The molecule has 0 unspecified atom stereocenters. The molecule has 110 valence electrons. The second kappa shape index (κ2) is 5.98. The molecule has 2 aromatic heterocycles. The second-order valence-corrected chi connectivity index (χ2v) is 6.60. The number of carbonyl (C=O) groups excluding carboxylic acids is 1. The van der Waals surface area contributed by atoms with E-state index >= 15 is 0 Å².